The molecule has 1 aliphatic heterocycles. The van der Waals surface area contributed by atoms with Crippen molar-refractivity contribution in [1.82, 2.24) is 4.31 Å². The molecule has 7 heteroatoms. The Morgan fingerprint density at radius 3 is 2.26 bits per heavy atom. The SMILES string of the molecule is Cc1ccc(N/C(=C2\C(=O)Nc3ccc(S(=O)(=O)N(C)C)cc32)c2ccccc2)cc1. The fraction of sp³-hybridized carbons (Fsp3) is 0.125. The summed E-state index contributed by atoms with van der Waals surface area (Å²) in [4.78, 5) is 13.1. The Morgan fingerprint density at radius 2 is 1.61 bits per heavy atom. The van der Waals surface area contributed by atoms with Gasteiger partial charge in [-0.25, -0.2) is 12.7 Å². The lowest BCUT2D eigenvalue weighted by atomic mass is 10.00. The third-order valence-corrected chi connectivity index (χ3v) is 6.96. The van der Waals surface area contributed by atoms with Crippen LogP contribution in [0.1, 0.15) is 16.7 Å². The highest BCUT2D eigenvalue weighted by atomic mass is 32.2. The topological polar surface area (TPSA) is 78.5 Å². The van der Waals surface area contributed by atoms with Gasteiger partial charge in [0.1, 0.15) is 0 Å². The molecule has 0 fully saturated rings. The Kier molecular flexibility index (Phi) is 5.39. The van der Waals surface area contributed by atoms with E-state index < -0.39 is 10.0 Å². The van der Waals surface area contributed by atoms with E-state index >= 15 is 0 Å². The van der Waals surface area contributed by atoms with E-state index in [1.54, 1.807) is 12.1 Å². The van der Waals surface area contributed by atoms with Crippen molar-refractivity contribution in [2.45, 2.75) is 11.8 Å². The maximum atomic E-state index is 13.0. The summed E-state index contributed by atoms with van der Waals surface area (Å²) in [6.07, 6.45) is 0. The molecule has 3 aromatic carbocycles. The quantitative estimate of drug-likeness (QED) is 0.592. The van der Waals surface area contributed by atoms with Crippen molar-refractivity contribution in [3.63, 3.8) is 0 Å². The fourth-order valence-electron chi connectivity index (χ4n) is 3.43. The maximum Gasteiger partial charge on any atom is 0.258 e. The second-order valence-electron chi connectivity index (χ2n) is 7.56. The number of amides is 1. The van der Waals surface area contributed by atoms with Crippen LogP contribution in [0, 0.1) is 6.92 Å². The van der Waals surface area contributed by atoms with E-state index in [0.29, 0.717) is 22.5 Å². The molecule has 0 bridgehead atoms. The Bertz CT molecular complexity index is 1280. The number of hydrogen-bond acceptors (Lipinski definition) is 4. The zero-order valence-electron chi connectivity index (χ0n) is 17.5. The Balaban J connectivity index is 1.93. The average Bonchev–Trinajstić information content (AvgIpc) is 3.08. The third kappa shape index (κ3) is 3.97. The van der Waals surface area contributed by atoms with E-state index in [4.69, 9.17) is 0 Å². The second-order valence-corrected chi connectivity index (χ2v) is 9.71. The highest BCUT2D eigenvalue weighted by Crippen LogP contribution is 2.39. The minimum absolute atomic E-state index is 0.132. The van der Waals surface area contributed by atoms with E-state index in [1.807, 2.05) is 61.5 Å². The molecular formula is C24H23N3O3S. The Labute approximate surface area is 182 Å². The molecule has 6 nitrogen and oxygen atoms in total. The number of carbonyl (C=O) groups is 1. The monoisotopic (exact) mass is 433 g/mol. The van der Waals surface area contributed by atoms with Crippen molar-refractivity contribution in [2.24, 2.45) is 0 Å². The molecule has 3 aromatic rings. The van der Waals surface area contributed by atoms with Gasteiger partial charge in [0.2, 0.25) is 10.0 Å². The van der Waals surface area contributed by atoms with Gasteiger partial charge in [-0.3, -0.25) is 4.79 Å². The smallest absolute Gasteiger partial charge is 0.258 e. The van der Waals surface area contributed by atoms with Gasteiger partial charge >= 0.3 is 0 Å². The van der Waals surface area contributed by atoms with Crippen LogP contribution in [0.2, 0.25) is 0 Å². The summed E-state index contributed by atoms with van der Waals surface area (Å²) >= 11 is 0. The molecule has 0 saturated heterocycles. The molecule has 4 rings (SSSR count). The first kappa shape index (κ1) is 20.8. The van der Waals surface area contributed by atoms with Crippen LogP contribution in [0.4, 0.5) is 11.4 Å². The molecule has 2 N–H and O–H groups in total. The summed E-state index contributed by atoms with van der Waals surface area (Å²) in [6, 6.07) is 22.1. The van der Waals surface area contributed by atoms with Gasteiger partial charge in [-0.15, -0.1) is 0 Å². The second kappa shape index (κ2) is 8.02. The first-order valence-corrected chi connectivity index (χ1v) is 11.2. The molecule has 1 amide bonds. The van der Waals surface area contributed by atoms with E-state index in [1.165, 1.54) is 20.2 Å². The number of nitrogens with one attached hydrogen (secondary N) is 2. The minimum Gasteiger partial charge on any atom is -0.354 e. The van der Waals surface area contributed by atoms with Gasteiger partial charge in [-0.2, -0.15) is 0 Å². The molecule has 0 aromatic heterocycles. The van der Waals surface area contributed by atoms with Crippen LogP contribution in [0.3, 0.4) is 0 Å². The van der Waals surface area contributed by atoms with E-state index in [9.17, 15) is 13.2 Å². The van der Waals surface area contributed by atoms with Gasteiger partial charge in [0.15, 0.2) is 0 Å². The minimum atomic E-state index is -3.64. The van der Waals surface area contributed by atoms with Crippen molar-refractivity contribution >= 4 is 38.6 Å². The van der Waals surface area contributed by atoms with Gasteiger partial charge < -0.3 is 10.6 Å². The number of sulfonamides is 1. The molecule has 158 valence electrons. The van der Waals surface area contributed by atoms with Gasteiger partial charge in [0.25, 0.3) is 5.91 Å². The number of carbonyl (C=O) groups excluding carboxylic acids is 1. The first-order chi connectivity index (χ1) is 14.8. The number of aryl methyl sites for hydroxylation is 1. The normalized spacial score (nSPS) is 14.9. The number of anilines is 2. The summed E-state index contributed by atoms with van der Waals surface area (Å²) in [5.41, 5.74) is 4.92. The number of nitrogens with zero attached hydrogens (tertiary/aromatic N) is 1. The standard InChI is InChI=1S/C24H23N3O3S/c1-16-9-11-18(12-10-16)25-23(17-7-5-4-6-8-17)22-20-15-19(31(29,30)27(2)3)13-14-21(20)26-24(22)28/h4-15,25H,1-3H3,(H,26,28)/b23-22-. The van der Waals surface area contributed by atoms with Gasteiger partial charge in [-0.05, 0) is 42.8 Å². The number of fused-ring (bicyclic) bond motifs is 1. The number of rotatable bonds is 5. The summed E-state index contributed by atoms with van der Waals surface area (Å²) in [7, 11) is -0.676. The number of hydrogen-bond donors (Lipinski definition) is 2. The van der Waals surface area contributed by atoms with E-state index in [-0.39, 0.29) is 10.8 Å². The molecule has 1 heterocycles. The fourth-order valence-corrected chi connectivity index (χ4v) is 4.36. The largest absolute Gasteiger partial charge is 0.354 e. The summed E-state index contributed by atoms with van der Waals surface area (Å²) in [5.74, 6) is -0.284. The molecule has 0 aliphatic carbocycles. The average molecular weight is 434 g/mol. The van der Waals surface area contributed by atoms with E-state index in [0.717, 1.165) is 21.1 Å². The molecule has 0 atom stereocenters. The lowest BCUT2D eigenvalue weighted by molar-refractivity contribution is -0.110. The lowest BCUT2D eigenvalue weighted by Crippen LogP contribution is -2.22. The van der Waals surface area contributed by atoms with Crippen molar-refractivity contribution in [3.05, 3.63) is 89.5 Å². The van der Waals surface area contributed by atoms with Crippen LogP contribution < -0.4 is 10.6 Å². The molecule has 0 radical (unpaired) electrons. The van der Waals surface area contributed by atoms with Crippen LogP contribution in [-0.4, -0.2) is 32.7 Å². The highest BCUT2D eigenvalue weighted by Gasteiger charge is 2.30. The summed E-state index contributed by atoms with van der Waals surface area (Å²) < 4.78 is 26.5. The summed E-state index contributed by atoms with van der Waals surface area (Å²) in [5, 5.41) is 6.23. The van der Waals surface area contributed by atoms with Gasteiger partial charge in [-0.1, -0.05) is 48.0 Å². The van der Waals surface area contributed by atoms with Crippen LogP contribution in [0.15, 0.2) is 77.7 Å². The van der Waals surface area contributed by atoms with E-state index in [2.05, 4.69) is 10.6 Å². The predicted octanol–water partition coefficient (Wildman–Crippen LogP) is 4.18. The van der Waals surface area contributed by atoms with Crippen LogP contribution >= 0.6 is 0 Å². The molecule has 0 unspecified atom stereocenters. The molecule has 0 spiro atoms. The zero-order chi connectivity index (χ0) is 22.2. The van der Waals surface area contributed by atoms with Crippen molar-refractivity contribution in [2.75, 3.05) is 24.7 Å². The Morgan fingerprint density at radius 1 is 0.935 bits per heavy atom. The van der Waals surface area contributed by atoms with Crippen molar-refractivity contribution in [3.8, 4) is 0 Å². The Hall–Kier alpha value is -3.42. The van der Waals surface area contributed by atoms with Crippen molar-refractivity contribution in [1.29, 1.82) is 0 Å². The van der Waals surface area contributed by atoms with Crippen LogP contribution in [0.5, 0.6) is 0 Å². The zero-order valence-corrected chi connectivity index (χ0v) is 18.3. The lowest BCUT2D eigenvalue weighted by Gasteiger charge is -2.16. The molecule has 1 aliphatic rings. The third-order valence-electron chi connectivity index (χ3n) is 5.15. The van der Waals surface area contributed by atoms with Crippen LogP contribution in [0.25, 0.3) is 11.3 Å². The summed E-state index contributed by atoms with van der Waals surface area (Å²) in [6.45, 7) is 2.01. The van der Waals surface area contributed by atoms with Crippen molar-refractivity contribution < 1.29 is 13.2 Å². The van der Waals surface area contributed by atoms with Crippen LogP contribution in [-0.2, 0) is 14.8 Å². The maximum absolute atomic E-state index is 13.0. The molecule has 31 heavy (non-hydrogen) atoms. The molecule has 0 saturated carbocycles. The predicted molar refractivity (Wildman–Crippen MR) is 124 cm³/mol. The molecular weight excluding hydrogens is 410 g/mol. The number of benzene rings is 3. The highest BCUT2D eigenvalue weighted by molar-refractivity contribution is 7.89. The van der Waals surface area contributed by atoms with Gasteiger partial charge in [0, 0.05) is 31.0 Å². The van der Waals surface area contributed by atoms with Gasteiger partial charge in [0.05, 0.1) is 16.2 Å². The first-order valence-electron chi connectivity index (χ1n) is 9.79.